The van der Waals surface area contributed by atoms with Gasteiger partial charge in [-0.25, -0.2) is 0 Å². The summed E-state index contributed by atoms with van der Waals surface area (Å²) >= 11 is 0. The Bertz CT molecular complexity index is 322. The van der Waals surface area contributed by atoms with Crippen LogP contribution in [0, 0.1) is 0 Å². The van der Waals surface area contributed by atoms with Crippen molar-refractivity contribution in [1.82, 2.24) is 9.88 Å². The van der Waals surface area contributed by atoms with Gasteiger partial charge in [-0.2, -0.15) is 0 Å². The smallest absolute Gasteiger partial charge is 0.0589 e. The first-order valence-electron chi connectivity index (χ1n) is 5.73. The highest BCUT2D eigenvalue weighted by Crippen LogP contribution is 2.27. The SMILES string of the molecule is COCCN(Cc1ccc(N)cn1)C1CC1. The minimum absolute atomic E-state index is 0.721. The third-order valence-corrected chi connectivity index (χ3v) is 2.86. The highest BCUT2D eigenvalue weighted by atomic mass is 16.5. The van der Waals surface area contributed by atoms with Crippen molar-refractivity contribution in [3.63, 3.8) is 0 Å². The molecule has 1 heterocycles. The molecule has 4 nitrogen and oxygen atoms in total. The topological polar surface area (TPSA) is 51.4 Å². The number of hydrogen-bond acceptors (Lipinski definition) is 4. The van der Waals surface area contributed by atoms with Crippen LogP contribution in [0.1, 0.15) is 18.5 Å². The van der Waals surface area contributed by atoms with Gasteiger partial charge in [0.2, 0.25) is 0 Å². The molecule has 1 aliphatic rings. The molecule has 1 aliphatic carbocycles. The van der Waals surface area contributed by atoms with Crippen molar-refractivity contribution in [3.05, 3.63) is 24.0 Å². The quantitative estimate of drug-likeness (QED) is 0.786. The number of nitrogens with two attached hydrogens (primary N) is 1. The zero-order valence-corrected chi connectivity index (χ0v) is 9.72. The van der Waals surface area contributed by atoms with Gasteiger partial charge in [0.05, 0.1) is 24.2 Å². The van der Waals surface area contributed by atoms with Gasteiger partial charge in [-0.05, 0) is 25.0 Å². The van der Waals surface area contributed by atoms with Gasteiger partial charge in [-0.3, -0.25) is 9.88 Å². The van der Waals surface area contributed by atoms with E-state index in [1.807, 2.05) is 12.1 Å². The van der Waals surface area contributed by atoms with E-state index in [2.05, 4.69) is 9.88 Å². The molecule has 2 rings (SSSR count). The Balaban J connectivity index is 1.91. The second-order valence-electron chi connectivity index (χ2n) is 4.28. The van der Waals surface area contributed by atoms with E-state index in [0.29, 0.717) is 0 Å². The number of nitrogens with zero attached hydrogens (tertiary/aromatic N) is 2. The monoisotopic (exact) mass is 221 g/mol. The summed E-state index contributed by atoms with van der Waals surface area (Å²) < 4.78 is 5.13. The number of anilines is 1. The third kappa shape index (κ3) is 3.18. The van der Waals surface area contributed by atoms with Crippen LogP contribution in [0.2, 0.25) is 0 Å². The zero-order valence-electron chi connectivity index (χ0n) is 9.72. The molecule has 0 radical (unpaired) electrons. The van der Waals surface area contributed by atoms with Crippen LogP contribution in [-0.4, -0.2) is 36.2 Å². The molecule has 0 atom stereocenters. The Morgan fingerprint density at radius 3 is 2.88 bits per heavy atom. The summed E-state index contributed by atoms with van der Waals surface area (Å²) in [4.78, 5) is 6.76. The number of aromatic nitrogens is 1. The summed E-state index contributed by atoms with van der Waals surface area (Å²) in [6, 6.07) is 4.64. The van der Waals surface area contributed by atoms with Crippen molar-refractivity contribution in [2.45, 2.75) is 25.4 Å². The molecule has 0 amide bonds. The number of hydrogen-bond donors (Lipinski definition) is 1. The predicted molar refractivity (Wildman–Crippen MR) is 64.0 cm³/mol. The van der Waals surface area contributed by atoms with E-state index in [9.17, 15) is 0 Å². The van der Waals surface area contributed by atoms with E-state index < -0.39 is 0 Å². The summed E-state index contributed by atoms with van der Waals surface area (Å²) in [5.74, 6) is 0. The van der Waals surface area contributed by atoms with Crippen molar-refractivity contribution in [1.29, 1.82) is 0 Å². The molecule has 1 aromatic heterocycles. The van der Waals surface area contributed by atoms with Crippen LogP contribution in [0.5, 0.6) is 0 Å². The molecular formula is C12H19N3O. The van der Waals surface area contributed by atoms with Crippen molar-refractivity contribution in [2.24, 2.45) is 0 Å². The molecule has 1 fully saturated rings. The number of methoxy groups -OCH3 is 1. The Morgan fingerprint density at radius 2 is 2.31 bits per heavy atom. The largest absolute Gasteiger partial charge is 0.397 e. The lowest BCUT2D eigenvalue weighted by Gasteiger charge is -2.20. The summed E-state index contributed by atoms with van der Waals surface area (Å²) in [7, 11) is 1.74. The Labute approximate surface area is 96.4 Å². The van der Waals surface area contributed by atoms with Crippen LogP contribution in [-0.2, 0) is 11.3 Å². The third-order valence-electron chi connectivity index (χ3n) is 2.86. The van der Waals surface area contributed by atoms with E-state index in [-0.39, 0.29) is 0 Å². The van der Waals surface area contributed by atoms with Crippen molar-refractivity contribution in [3.8, 4) is 0 Å². The van der Waals surface area contributed by atoms with Gasteiger partial charge in [0.1, 0.15) is 0 Å². The molecule has 0 aromatic carbocycles. The van der Waals surface area contributed by atoms with E-state index in [1.54, 1.807) is 13.3 Å². The molecule has 4 heteroatoms. The summed E-state index contributed by atoms with van der Waals surface area (Å²) in [6.45, 7) is 2.66. The minimum Gasteiger partial charge on any atom is -0.397 e. The molecule has 2 N–H and O–H groups in total. The Morgan fingerprint density at radius 1 is 1.50 bits per heavy atom. The number of rotatable bonds is 6. The Kier molecular flexibility index (Phi) is 3.74. The van der Waals surface area contributed by atoms with E-state index >= 15 is 0 Å². The lowest BCUT2D eigenvalue weighted by atomic mass is 10.3. The van der Waals surface area contributed by atoms with E-state index in [1.165, 1.54) is 12.8 Å². The van der Waals surface area contributed by atoms with E-state index in [0.717, 1.165) is 37.1 Å². The standard InChI is InChI=1S/C12H19N3O/c1-16-7-6-15(12-4-5-12)9-11-3-2-10(13)8-14-11/h2-3,8,12H,4-7,9,13H2,1H3. The first-order valence-corrected chi connectivity index (χ1v) is 5.73. The van der Waals surface area contributed by atoms with Crippen LogP contribution in [0.25, 0.3) is 0 Å². The van der Waals surface area contributed by atoms with Crippen LogP contribution in [0.15, 0.2) is 18.3 Å². The van der Waals surface area contributed by atoms with Gasteiger partial charge >= 0.3 is 0 Å². The highest BCUT2D eigenvalue weighted by molar-refractivity contribution is 5.34. The molecule has 88 valence electrons. The summed E-state index contributed by atoms with van der Waals surface area (Å²) in [6.07, 6.45) is 4.33. The van der Waals surface area contributed by atoms with Gasteiger partial charge in [0.25, 0.3) is 0 Å². The van der Waals surface area contributed by atoms with Crippen molar-refractivity contribution < 1.29 is 4.74 Å². The summed E-state index contributed by atoms with van der Waals surface area (Å²) in [5, 5.41) is 0. The first-order chi connectivity index (χ1) is 7.79. The van der Waals surface area contributed by atoms with Gasteiger partial charge in [0.15, 0.2) is 0 Å². The van der Waals surface area contributed by atoms with Crippen molar-refractivity contribution >= 4 is 5.69 Å². The highest BCUT2D eigenvalue weighted by Gasteiger charge is 2.28. The van der Waals surface area contributed by atoms with Gasteiger partial charge < -0.3 is 10.5 Å². The number of ether oxygens (including phenoxy) is 1. The Hall–Kier alpha value is -1.13. The lowest BCUT2D eigenvalue weighted by Crippen LogP contribution is -2.29. The minimum atomic E-state index is 0.721. The molecular weight excluding hydrogens is 202 g/mol. The van der Waals surface area contributed by atoms with Crippen LogP contribution in [0.3, 0.4) is 0 Å². The molecule has 16 heavy (non-hydrogen) atoms. The fourth-order valence-corrected chi connectivity index (χ4v) is 1.78. The van der Waals surface area contributed by atoms with Gasteiger partial charge in [0, 0.05) is 26.2 Å². The molecule has 0 spiro atoms. The van der Waals surface area contributed by atoms with Gasteiger partial charge in [-0.15, -0.1) is 0 Å². The zero-order chi connectivity index (χ0) is 11.4. The lowest BCUT2D eigenvalue weighted by molar-refractivity contribution is 0.139. The average Bonchev–Trinajstić information content (AvgIpc) is 3.11. The molecule has 1 aromatic rings. The first kappa shape index (κ1) is 11.4. The maximum atomic E-state index is 5.61. The predicted octanol–water partition coefficient (Wildman–Crippen LogP) is 1.27. The van der Waals surface area contributed by atoms with Crippen LogP contribution < -0.4 is 5.73 Å². The second kappa shape index (κ2) is 5.27. The van der Waals surface area contributed by atoms with E-state index in [4.69, 9.17) is 10.5 Å². The maximum Gasteiger partial charge on any atom is 0.0589 e. The van der Waals surface area contributed by atoms with Crippen molar-refractivity contribution in [2.75, 3.05) is 26.0 Å². The summed E-state index contributed by atoms with van der Waals surface area (Å²) in [5.41, 5.74) is 7.42. The molecule has 0 unspecified atom stereocenters. The molecule has 0 saturated heterocycles. The van der Waals surface area contributed by atoms with Crippen LogP contribution >= 0.6 is 0 Å². The average molecular weight is 221 g/mol. The van der Waals surface area contributed by atoms with Crippen LogP contribution in [0.4, 0.5) is 5.69 Å². The molecule has 1 saturated carbocycles. The number of nitrogen functional groups attached to an aromatic ring is 1. The fourth-order valence-electron chi connectivity index (χ4n) is 1.78. The van der Waals surface area contributed by atoms with Gasteiger partial charge in [-0.1, -0.05) is 0 Å². The normalized spacial score (nSPS) is 15.6. The molecule has 0 bridgehead atoms. The molecule has 0 aliphatic heterocycles. The second-order valence-corrected chi connectivity index (χ2v) is 4.28. The number of pyridine rings is 1. The maximum absolute atomic E-state index is 5.61. The fraction of sp³-hybridized carbons (Fsp3) is 0.583.